The van der Waals surface area contributed by atoms with Crippen molar-refractivity contribution >= 4 is 5.97 Å². The number of hydrogen-bond acceptors (Lipinski definition) is 2. The van der Waals surface area contributed by atoms with Crippen molar-refractivity contribution in [2.45, 2.75) is 91.1 Å². The van der Waals surface area contributed by atoms with Gasteiger partial charge in [0.15, 0.2) is 0 Å². The van der Waals surface area contributed by atoms with Gasteiger partial charge in [0.1, 0.15) is 23.3 Å². The van der Waals surface area contributed by atoms with Crippen LogP contribution in [0.3, 0.4) is 0 Å². The Morgan fingerprint density at radius 1 is 1.00 bits per heavy atom. The molecule has 1 rings (SSSR count). The molecule has 0 N–H and O–H groups in total. The third kappa shape index (κ3) is 7.54. The summed E-state index contributed by atoms with van der Waals surface area (Å²) in [5, 5.41) is 0. The molecule has 0 aromatic heterocycles. The van der Waals surface area contributed by atoms with Gasteiger partial charge < -0.3 is 4.74 Å². The number of aryl methyl sites for hydroxylation is 1. The molecule has 1 unspecified atom stereocenters. The number of rotatable bonds is 12. The van der Waals surface area contributed by atoms with Gasteiger partial charge in [-0.2, -0.15) is 0 Å². The maximum Gasteiger partial charge on any atom is 0.344 e. The van der Waals surface area contributed by atoms with E-state index < -0.39 is 23.2 Å². The average molecular weight is 354 g/mol. The Labute approximate surface area is 151 Å². The molecule has 0 saturated carbocycles. The lowest BCUT2D eigenvalue weighted by molar-refractivity contribution is 0.0256. The summed E-state index contributed by atoms with van der Waals surface area (Å²) in [6.07, 6.45) is 10.8. The van der Waals surface area contributed by atoms with Gasteiger partial charge in [0.25, 0.3) is 0 Å². The van der Waals surface area contributed by atoms with E-state index in [1.54, 1.807) is 0 Å². The van der Waals surface area contributed by atoms with E-state index in [1.165, 1.54) is 51.5 Å². The zero-order valence-electron chi connectivity index (χ0n) is 15.9. The number of carbonyl (C=O) groups is 1. The first-order chi connectivity index (χ1) is 12.0. The van der Waals surface area contributed by atoms with Gasteiger partial charge in [-0.3, -0.25) is 0 Å². The molecule has 4 heteroatoms. The van der Waals surface area contributed by atoms with Crippen molar-refractivity contribution in [1.29, 1.82) is 0 Å². The monoisotopic (exact) mass is 354 g/mol. The molecule has 1 aromatic carbocycles. The van der Waals surface area contributed by atoms with E-state index in [0.29, 0.717) is 6.42 Å². The fraction of sp³-hybridized carbons (Fsp3) is 0.667. The summed E-state index contributed by atoms with van der Waals surface area (Å²) in [7, 11) is 0. The molecule has 1 aromatic rings. The van der Waals surface area contributed by atoms with Gasteiger partial charge in [-0.15, -0.1) is 0 Å². The van der Waals surface area contributed by atoms with E-state index in [2.05, 4.69) is 6.92 Å². The topological polar surface area (TPSA) is 26.3 Å². The molecule has 0 fully saturated rings. The first-order valence-corrected chi connectivity index (χ1v) is 9.66. The highest BCUT2D eigenvalue weighted by atomic mass is 19.1. The van der Waals surface area contributed by atoms with Crippen LogP contribution in [0.5, 0.6) is 0 Å². The number of unbranched alkanes of at least 4 members (excludes halogenated alkanes) is 7. The van der Waals surface area contributed by atoms with Crippen LogP contribution in [0.1, 0.15) is 94.0 Å². The molecular formula is C21H32F2O2. The molecule has 0 radical (unpaired) electrons. The highest BCUT2D eigenvalue weighted by molar-refractivity contribution is 5.90. The second kappa shape index (κ2) is 12.0. The van der Waals surface area contributed by atoms with Gasteiger partial charge in [0, 0.05) is 0 Å². The minimum absolute atomic E-state index is 0.240. The van der Waals surface area contributed by atoms with Crippen molar-refractivity contribution in [3.63, 3.8) is 0 Å². The van der Waals surface area contributed by atoms with Crippen molar-refractivity contribution in [1.82, 2.24) is 0 Å². The number of esters is 1. The molecule has 1 atom stereocenters. The Hall–Kier alpha value is -1.45. The predicted octanol–water partition coefficient (Wildman–Crippen LogP) is 6.74. The van der Waals surface area contributed by atoms with Crippen LogP contribution in [-0.4, -0.2) is 12.1 Å². The molecule has 0 spiro atoms. The van der Waals surface area contributed by atoms with Crippen LogP contribution in [0.15, 0.2) is 12.1 Å². The molecular weight excluding hydrogens is 322 g/mol. The normalized spacial score (nSPS) is 12.2. The predicted molar refractivity (Wildman–Crippen MR) is 97.8 cm³/mol. The molecule has 0 aliphatic carbocycles. The van der Waals surface area contributed by atoms with E-state index in [1.807, 2.05) is 6.92 Å². The minimum Gasteiger partial charge on any atom is -0.459 e. The zero-order chi connectivity index (χ0) is 18.7. The van der Waals surface area contributed by atoms with E-state index in [4.69, 9.17) is 4.74 Å². The van der Waals surface area contributed by atoms with Crippen molar-refractivity contribution in [2.24, 2.45) is 0 Å². The molecule has 2 nitrogen and oxygen atoms in total. The standard InChI is InChI=1S/C21H32F2O2/c1-4-6-7-8-9-10-11-12-13-17(5-2)25-21(24)19-18(22)15-14-16(3)20(19)23/h14-15,17H,4-13H2,1-3H3. The lowest BCUT2D eigenvalue weighted by atomic mass is 10.0. The molecule has 0 aliphatic rings. The smallest absolute Gasteiger partial charge is 0.344 e. The summed E-state index contributed by atoms with van der Waals surface area (Å²) in [5.74, 6) is -2.59. The Morgan fingerprint density at radius 3 is 2.20 bits per heavy atom. The third-order valence-corrected chi connectivity index (χ3v) is 4.60. The van der Waals surface area contributed by atoms with Crippen LogP contribution in [0.4, 0.5) is 8.78 Å². The van der Waals surface area contributed by atoms with E-state index in [0.717, 1.165) is 25.3 Å². The number of ether oxygens (including phenoxy) is 1. The molecule has 0 saturated heterocycles. The largest absolute Gasteiger partial charge is 0.459 e. The lowest BCUT2D eigenvalue weighted by Crippen LogP contribution is -2.20. The Balaban J connectivity index is 2.38. The van der Waals surface area contributed by atoms with Crippen LogP contribution in [-0.2, 0) is 4.74 Å². The third-order valence-electron chi connectivity index (χ3n) is 4.60. The quantitative estimate of drug-likeness (QED) is 0.307. The maximum atomic E-state index is 14.0. The fourth-order valence-electron chi connectivity index (χ4n) is 2.91. The van der Waals surface area contributed by atoms with Gasteiger partial charge in [0.05, 0.1) is 0 Å². The molecule has 142 valence electrons. The Bertz CT molecular complexity index is 529. The van der Waals surface area contributed by atoms with Crippen molar-refractivity contribution in [2.75, 3.05) is 0 Å². The van der Waals surface area contributed by atoms with Crippen LogP contribution in [0.25, 0.3) is 0 Å². The zero-order valence-corrected chi connectivity index (χ0v) is 15.9. The summed E-state index contributed by atoms with van der Waals surface area (Å²) >= 11 is 0. The van der Waals surface area contributed by atoms with Gasteiger partial charge in [-0.1, -0.05) is 64.9 Å². The van der Waals surface area contributed by atoms with Gasteiger partial charge in [0.2, 0.25) is 0 Å². The molecule has 0 bridgehead atoms. The Morgan fingerprint density at radius 2 is 1.60 bits per heavy atom. The van der Waals surface area contributed by atoms with Gasteiger partial charge in [-0.05, 0) is 37.8 Å². The van der Waals surface area contributed by atoms with Gasteiger partial charge in [-0.25, -0.2) is 13.6 Å². The van der Waals surface area contributed by atoms with Crippen molar-refractivity contribution < 1.29 is 18.3 Å². The van der Waals surface area contributed by atoms with Crippen LogP contribution < -0.4 is 0 Å². The van der Waals surface area contributed by atoms with Crippen LogP contribution in [0.2, 0.25) is 0 Å². The number of hydrogen-bond donors (Lipinski definition) is 0. The molecule has 0 amide bonds. The lowest BCUT2D eigenvalue weighted by Gasteiger charge is -2.17. The SMILES string of the molecule is CCCCCCCCCCC(CC)OC(=O)c1c(F)ccc(C)c1F. The second-order valence-corrected chi connectivity index (χ2v) is 6.75. The van der Waals surface area contributed by atoms with E-state index >= 15 is 0 Å². The van der Waals surface area contributed by atoms with Gasteiger partial charge >= 0.3 is 5.97 Å². The first-order valence-electron chi connectivity index (χ1n) is 9.66. The highest BCUT2D eigenvalue weighted by Crippen LogP contribution is 2.20. The Kier molecular flexibility index (Phi) is 10.4. The van der Waals surface area contributed by atoms with E-state index in [-0.39, 0.29) is 11.7 Å². The first kappa shape index (κ1) is 21.6. The molecule has 25 heavy (non-hydrogen) atoms. The summed E-state index contributed by atoms with van der Waals surface area (Å²) in [5.41, 5.74) is -0.334. The van der Waals surface area contributed by atoms with Crippen molar-refractivity contribution in [3.05, 3.63) is 34.9 Å². The van der Waals surface area contributed by atoms with Crippen LogP contribution >= 0.6 is 0 Å². The van der Waals surface area contributed by atoms with Crippen molar-refractivity contribution in [3.8, 4) is 0 Å². The summed E-state index contributed by atoms with van der Waals surface area (Å²) in [6.45, 7) is 5.63. The molecule has 0 aliphatic heterocycles. The molecule has 0 heterocycles. The maximum absolute atomic E-state index is 14.0. The number of benzene rings is 1. The summed E-state index contributed by atoms with van der Waals surface area (Å²) < 4.78 is 33.1. The highest BCUT2D eigenvalue weighted by Gasteiger charge is 2.23. The number of halogens is 2. The fourth-order valence-corrected chi connectivity index (χ4v) is 2.91. The van der Waals surface area contributed by atoms with Crippen LogP contribution in [0, 0.1) is 18.6 Å². The summed E-state index contributed by atoms with van der Waals surface area (Å²) in [4.78, 5) is 12.1. The van der Waals surface area contributed by atoms with E-state index in [9.17, 15) is 13.6 Å². The average Bonchev–Trinajstić information content (AvgIpc) is 2.59. The number of carbonyl (C=O) groups excluding carboxylic acids is 1. The summed E-state index contributed by atoms with van der Waals surface area (Å²) in [6, 6.07) is 2.42. The minimum atomic E-state index is -0.898. The second-order valence-electron chi connectivity index (χ2n) is 6.75.